The summed E-state index contributed by atoms with van der Waals surface area (Å²) in [4.78, 5) is 12.9. The third-order valence-corrected chi connectivity index (χ3v) is 9.54. The highest BCUT2D eigenvalue weighted by Gasteiger charge is 2.48. The van der Waals surface area contributed by atoms with Crippen molar-refractivity contribution in [2.75, 3.05) is 13.2 Å². The first kappa shape index (κ1) is 45.9. The Hall–Kier alpha value is -1.16. The van der Waals surface area contributed by atoms with Crippen molar-refractivity contribution >= 4 is 16.3 Å². The number of carbonyl (C=O) groups is 1. The molecule has 0 bridgehead atoms. The second kappa shape index (κ2) is 28.4. The second-order valence-electron chi connectivity index (χ2n) is 13.5. The number of unbranched alkanes of at least 4 members (excludes halogenated alkanes) is 17. The molecule has 0 saturated carbocycles. The monoisotopic (exact) mass is 723 g/mol. The van der Waals surface area contributed by atoms with E-state index in [9.17, 15) is 33.6 Å². The van der Waals surface area contributed by atoms with Crippen LogP contribution < -0.4 is 5.32 Å². The van der Waals surface area contributed by atoms with Crippen LogP contribution in [-0.4, -0.2) is 95.4 Å². The fourth-order valence-corrected chi connectivity index (χ4v) is 6.55. The molecule has 7 unspecified atom stereocenters. The molecular formula is C36H69NO11S. The largest absolute Gasteiger partial charge is 0.397 e. The predicted molar refractivity (Wildman–Crippen MR) is 190 cm³/mol. The van der Waals surface area contributed by atoms with E-state index in [0.29, 0.717) is 12.8 Å². The lowest BCUT2D eigenvalue weighted by Crippen LogP contribution is -2.61. The third kappa shape index (κ3) is 22.4. The first-order valence-corrected chi connectivity index (χ1v) is 20.4. The molecule has 1 aliphatic heterocycles. The lowest BCUT2D eigenvalue weighted by Gasteiger charge is -2.41. The maximum absolute atomic E-state index is 12.9. The number of hydrogen-bond acceptors (Lipinski definition) is 10. The van der Waals surface area contributed by atoms with Crippen LogP contribution in [0.25, 0.3) is 0 Å². The molecular weight excluding hydrogens is 654 g/mol. The van der Waals surface area contributed by atoms with Gasteiger partial charge >= 0.3 is 10.4 Å². The standard InChI is InChI=1S/C36H69NO11S/c1-3-5-7-9-11-13-15-16-18-20-22-24-26-32(40)37-29(30(39)25-23-21-19-17-14-12-10-8-6-4-2)28-46-36-34(42)35(48-49(43,44)45)33(41)31(27-38)47-36/h11,13,29-31,33-36,38-39,41-42H,3-10,12,14-28H2,1-2H3,(H,37,40)(H,43,44,45)/b13-11-. The average molecular weight is 724 g/mol. The Labute approximate surface area is 296 Å². The van der Waals surface area contributed by atoms with Gasteiger partial charge in [-0.15, -0.1) is 0 Å². The summed E-state index contributed by atoms with van der Waals surface area (Å²) in [5.41, 5.74) is 0. The quantitative estimate of drug-likeness (QED) is 0.0294. The number of aliphatic hydroxyl groups excluding tert-OH is 4. The van der Waals surface area contributed by atoms with Crippen molar-refractivity contribution in [2.24, 2.45) is 0 Å². The molecule has 1 amide bonds. The van der Waals surface area contributed by atoms with Gasteiger partial charge < -0.3 is 35.2 Å². The minimum Gasteiger partial charge on any atom is -0.394 e. The van der Waals surface area contributed by atoms with Crippen molar-refractivity contribution in [1.29, 1.82) is 0 Å². The molecule has 1 rings (SSSR count). The van der Waals surface area contributed by atoms with Crippen molar-refractivity contribution in [3.05, 3.63) is 12.2 Å². The first-order valence-electron chi connectivity index (χ1n) is 19.1. The number of rotatable bonds is 31. The van der Waals surface area contributed by atoms with Gasteiger partial charge in [0.1, 0.15) is 24.4 Å². The smallest absolute Gasteiger partial charge is 0.394 e. The molecule has 0 aromatic carbocycles. The Balaban J connectivity index is 2.63. The number of carbonyl (C=O) groups excluding carboxylic acids is 1. The normalized spacial score (nSPS) is 22.8. The fraction of sp³-hybridized carbons (Fsp3) is 0.917. The lowest BCUT2D eigenvalue weighted by atomic mass is 9.99. The summed E-state index contributed by atoms with van der Waals surface area (Å²) in [7, 11) is -5.07. The predicted octanol–water partition coefficient (Wildman–Crippen LogP) is 5.65. The summed E-state index contributed by atoms with van der Waals surface area (Å²) in [5, 5.41) is 44.5. The second-order valence-corrected chi connectivity index (χ2v) is 14.6. The maximum Gasteiger partial charge on any atom is 0.397 e. The van der Waals surface area contributed by atoms with Crippen molar-refractivity contribution in [3.8, 4) is 0 Å². The van der Waals surface area contributed by atoms with Crippen LogP contribution in [0.3, 0.4) is 0 Å². The Morgan fingerprint density at radius 2 is 1.31 bits per heavy atom. The summed E-state index contributed by atoms with van der Waals surface area (Å²) in [6.07, 6.45) is 18.0. The zero-order valence-electron chi connectivity index (χ0n) is 30.3. The molecule has 1 aliphatic rings. The van der Waals surface area contributed by atoms with Crippen LogP contribution in [0.4, 0.5) is 0 Å². The number of hydrogen-bond donors (Lipinski definition) is 6. The van der Waals surface area contributed by atoms with E-state index < -0.39 is 59.9 Å². The molecule has 1 saturated heterocycles. The van der Waals surface area contributed by atoms with Gasteiger partial charge in [0.05, 0.1) is 25.4 Å². The molecule has 0 aliphatic carbocycles. The summed E-state index contributed by atoms with van der Waals surface area (Å²) in [5.74, 6) is -0.243. The topological polar surface area (TPSA) is 192 Å². The van der Waals surface area contributed by atoms with E-state index in [1.807, 2.05) is 0 Å². The summed E-state index contributed by atoms with van der Waals surface area (Å²) >= 11 is 0. The molecule has 0 spiro atoms. The Morgan fingerprint density at radius 1 is 0.796 bits per heavy atom. The number of nitrogens with one attached hydrogen (secondary N) is 1. The van der Waals surface area contributed by atoms with Crippen molar-refractivity contribution in [3.63, 3.8) is 0 Å². The van der Waals surface area contributed by atoms with E-state index in [1.54, 1.807) is 0 Å². The number of ether oxygens (including phenoxy) is 2. The van der Waals surface area contributed by atoms with Crippen LogP contribution in [0.5, 0.6) is 0 Å². The van der Waals surface area contributed by atoms with Crippen molar-refractivity contribution in [2.45, 2.75) is 198 Å². The van der Waals surface area contributed by atoms with Gasteiger partial charge in [-0.05, 0) is 38.5 Å². The lowest BCUT2D eigenvalue weighted by molar-refractivity contribution is -0.298. The van der Waals surface area contributed by atoms with E-state index in [4.69, 9.17) is 14.0 Å². The molecule has 0 radical (unpaired) electrons. The molecule has 1 fully saturated rings. The van der Waals surface area contributed by atoms with Gasteiger partial charge in [0.15, 0.2) is 6.29 Å². The minimum atomic E-state index is -5.07. The highest BCUT2D eigenvalue weighted by molar-refractivity contribution is 7.80. The van der Waals surface area contributed by atoms with Gasteiger partial charge in [-0.1, -0.05) is 122 Å². The fourth-order valence-electron chi connectivity index (χ4n) is 6.04. The first-order chi connectivity index (χ1) is 23.5. The molecule has 0 aromatic rings. The van der Waals surface area contributed by atoms with Gasteiger partial charge in [0.25, 0.3) is 0 Å². The SMILES string of the molecule is CCCCC/C=C\CCCCCCCC(=O)NC(COC1OC(CO)C(O)C(OS(=O)(=O)O)C1O)C(O)CCCCCCCCCCCC. The minimum absolute atomic E-state index is 0.243. The zero-order chi connectivity index (χ0) is 36.3. The van der Waals surface area contributed by atoms with Gasteiger partial charge in [-0.3, -0.25) is 9.35 Å². The molecule has 290 valence electrons. The molecule has 12 nitrogen and oxygen atoms in total. The molecule has 0 aromatic heterocycles. The highest BCUT2D eigenvalue weighted by Crippen LogP contribution is 2.26. The summed E-state index contributed by atoms with van der Waals surface area (Å²) in [6, 6.07) is -0.855. The Bertz CT molecular complexity index is 951. The van der Waals surface area contributed by atoms with Gasteiger partial charge in [0.2, 0.25) is 5.91 Å². The molecule has 6 N–H and O–H groups in total. The molecule has 13 heteroatoms. The summed E-state index contributed by atoms with van der Waals surface area (Å²) in [6.45, 7) is 3.36. The maximum atomic E-state index is 12.9. The molecule has 7 atom stereocenters. The van der Waals surface area contributed by atoms with Crippen molar-refractivity contribution < 1.29 is 51.8 Å². The van der Waals surface area contributed by atoms with E-state index in [1.165, 1.54) is 57.8 Å². The van der Waals surface area contributed by atoms with Crippen LogP contribution >= 0.6 is 0 Å². The van der Waals surface area contributed by atoms with Gasteiger partial charge in [0, 0.05) is 6.42 Å². The zero-order valence-corrected chi connectivity index (χ0v) is 31.1. The van der Waals surface area contributed by atoms with E-state index in [2.05, 4.69) is 35.5 Å². The van der Waals surface area contributed by atoms with Crippen LogP contribution in [0.1, 0.15) is 155 Å². The third-order valence-electron chi connectivity index (χ3n) is 9.07. The molecule has 49 heavy (non-hydrogen) atoms. The van der Waals surface area contributed by atoms with Crippen LogP contribution in [0.2, 0.25) is 0 Å². The average Bonchev–Trinajstić information content (AvgIpc) is 3.06. The van der Waals surface area contributed by atoms with Gasteiger partial charge in [-0.25, -0.2) is 4.18 Å². The van der Waals surface area contributed by atoms with Crippen LogP contribution in [0.15, 0.2) is 12.2 Å². The van der Waals surface area contributed by atoms with E-state index >= 15 is 0 Å². The Kier molecular flexibility index (Phi) is 26.6. The number of aliphatic hydroxyl groups is 4. The number of allylic oxidation sites excluding steroid dienone is 2. The van der Waals surface area contributed by atoms with Crippen LogP contribution in [0, 0.1) is 0 Å². The van der Waals surface area contributed by atoms with E-state index in [-0.39, 0.29) is 18.9 Å². The van der Waals surface area contributed by atoms with E-state index in [0.717, 1.165) is 64.2 Å². The Morgan fingerprint density at radius 3 is 1.88 bits per heavy atom. The van der Waals surface area contributed by atoms with Gasteiger partial charge in [-0.2, -0.15) is 8.42 Å². The summed E-state index contributed by atoms with van der Waals surface area (Å²) < 4.78 is 47.3. The highest BCUT2D eigenvalue weighted by atomic mass is 32.3. The molecule has 1 heterocycles. The van der Waals surface area contributed by atoms with Crippen LogP contribution in [-0.2, 0) is 28.9 Å². The van der Waals surface area contributed by atoms with Crippen molar-refractivity contribution in [1.82, 2.24) is 5.32 Å². The number of amides is 1.